The molecule has 0 bridgehead atoms. The predicted molar refractivity (Wildman–Crippen MR) is 44.7 cm³/mol. The predicted octanol–water partition coefficient (Wildman–Crippen LogP) is -0.0340. The Bertz CT molecular complexity index is 313. The molecule has 0 saturated heterocycles. The molecule has 0 spiro atoms. The van der Waals surface area contributed by atoms with Gasteiger partial charge in [0.1, 0.15) is 5.82 Å². The van der Waals surface area contributed by atoms with Gasteiger partial charge < -0.3 is 16.2 Å². The number of hydrogen-bond donors (Lipinski definition) is 2. The van der Waals surface area contributed by atoms with Crippen LogP contribution in [-0.2, 0) is 6.42 Å². The van der Waals surface area contributed by atoms with Gasteiger partial charge in [-0.05, 0) is 12.8 Å². The fourth-order valence-corrected chi connectivity index (χ4v) is 1.27. The standard InChI is InChI=1S/C7H10N4O/c8-5-4-2-1-3-12-6(4)11-7(9)10-5/h1-3H2,(H4,8,9,10,11). The summed E-state index contributed by atoms with van der Waals surface area (Å²) >= 11 is 0. The molecule has 12 heavy (non-hydrogen) atoms. The summed E-state index contributed by atoms with van der Waals surface area (Å²) in [6, 6.07) is 0. The van der Waals surface area contributed by atoms with Crippen LogP contribution in [0.3, 0.4) is 0 Å². The Morgan fingerprint density at radius 2 is 2.08 bits per heavy atom. The van der Waals surface area contributed by atoms with Crippen molar-refractivity contribution in [1.82, 2.24) is 9.97 Å². The van der Waals surface area contributed by atoms with E-state index >= 15 is 0 Å². The zero-order valence-electron chi connectivity index (χ0n) is 6.58. The molecule has 1 aromatic rings. The second-order valence-electron chi connectivity index (χ2n) is 2.70. The van der Waals surface area contributed by atoms with Gasteiger partial charge in [0.05, 0.1) is 12.2 Å². The molecule has 0 unspecified atom stereocenters. The first-order chi connectivity index (χ1) is 5.77. The topological polar surface area (TPSA) is 87.0 Å². The Morgan fingerprint density at radius 1 is 1.25 bits per heavy atom. The van der Waals surface area contributed by atoms with Crippen LogP contribution in [0.15, 0.2) is 0 Å². The monoisotopic (exact) mass is 166 g/mol. The largest absolute Gasteiger partial charge is 0.477 e. The third-order valence-corrected chi connectivity index (χ3v) is 1.83. The molecule has 64 valence electrons. The fraction of sp³-hybridized carbons (Fsp3) is 0.429. The lowest BCUT2D eigenvalue weighted by atomic mass is 10.1. The minimum absolute atomic E-state index is 0.174. The van der Waals surface area contributed by atoms with Crippen molar-refractivity contribution in [3.05, 3.63) is 5.56 Å². The van der Waals surface area contributed by atoms with E-state index in [0.717, 1.165) is 18.4 Å². The van der Waals surface area contributed by atoms with Gasteiger partial charge in [-0.3, -0.25) is 0 Å². The van der Waals surface area contributed by atoms with Crippen molar-refractivity contribution < 1.29 is 4.74 Å². The highest BCUT2D eigenvalue weighted by molar-refractivity contribution is 5.49. The molecular formula is C7H10N4O. The van der Waals surface area contributed by atoms with Gasteiger partial charge in [-0.25, -0.2) is 0 Å². The summed E-state index contributed by atoms with van der Waals surface area (Å²) in [5, 5.41) is 0. The van der Waals surface area contributed by atoms with E-state index in [0.29, 0.717) is 18.3 Å². The van der Waals surface area contributed by atoms with Crippen molar-refractivity contribution in [2.24, 2.45) is 0 Å². The second-order valence-corrected chi connectivity index (χ2v) is 2.70. The van der Waals surface area contributed by atoms with Crippen LogP contribution in [0.1, 0.15) is 12.0 Å². The zero-order chi connectivity index (χ0) is 8.55. The van der Waals surface area contributed by atoms with E-state index in [9.17, 15) is 0 Å². The lowest BCUT2D eigenvalue weighted by molar-refractivity contribution is 0.276. The first-order valence-corrected chi connectivity index (χ1v) is 3.82. The lowest BCUT2D eigenvalue weighted by Gasteiger charge is -2.16. The quantitative estimate of drug-likeness (QED) is 0.565. The number of ether oxygens (including phenoxy) is 1. The van der Waals surface area contributed by atoms with Gasteiger partial charge in [0.2, 0.25) is 11.8 Å². The average molecular weight is 166 g/mol. The van der Waals surface area contributed by atoms with Crippen molar-refractivity contribution in [2.45, 2.75) is 12.8 Å². The summed E-state index contributed by atoms with van der Waals surface area (Å²) < 4.78 is 5.27. The smallest absolute Gasteiger partial charge is 0.225 e. The third kappa shape index (κ3) is 1.03. The highest BCUT2D eigenvalue weighted by Crippen LogP contribution is 2.26. The first kappa shape index (κ1) is 7.15. The van der Waals surface area contributed by atoms with Crippen molar-refractivity contribution in [3.63, 3.8) is 0 Å². The number of nitrogen functional groups attached to an aromatic ring is 2. The maximum absolute atomic E-state index is 5.63. The number of fused-ring (bicyclic) bond motifs is 1. The van der Waals surface area contributed by atoms with Crippen LogP contribution in [0.2, 0.25) is 0 Å². The summed E-state index contributed by atoms with van der Waals surface area (Å²) in [5.74, 6) is 1.16. The van der Waals surface area contributed by atoms with Gasteiger partial charge in [0.15, 0.2) is 0 Å². The first-order valence-electron chi connectivity index (χ1n) is 3.82. The third-order valence-electron chi connectivity index (χ3n) is 1.83. The lowest BCUT2D eigenvalue weighted by Crippen LogP contribution is -2.14. The van der Waals surface area contributed by atoms with E-state index in [-0.39, 0.29) is 5.95 Å². The minimum atomic E-state index is 0.174. The molecule has 2 heterocycles. The summed E-state index contributed by atoms with van der Waals surface area (Å²) in [6.07, 6.45) is 1.84. The molecule has 4 N–H and O–H groups in total. The Labute approximate surface area is 69.8 Å². The summed E-state index contributed by atoms with van der Waals surface area (Å²) in [4.78, 5) is 7.79. The van der Waals surface area contributed by atoms with Crippen LogP contribution in [0.25, 0.3) is 0 Å². The van der Waals surface area contributed by atoms with E-state index in [1.165, 1.54) is 0 Å². The molecule has 1 aliphatic heterocycles. The molecule has 0 aromatic carbocycles. The number of rotatable bonds is 0. The number of aromatic nitrogens is 2. The Morgan fingerprint density at radius 3 is 2.92 bits per heavy atom. The van der Waals surface area contributed by atoms with Gasteiger partial charge in [-0.1, -0.05) is 0 Å². The van der Waals surface area contributed by atoms with Crippen LogP contribution in [-0.4, -0.2) is 16.6 Å². The number of nitrogens with two attached hydrogens (primary N) is 2. The summed E-state index contributed by atoms with van der Waals surface area (Å²) in [7, 11) is 0. The summed E-state index contributed by atoms with van der Waals surface area (Å²) in [6.45, 7) is 0.683. The molecule has 0 atom stereocenters. The minimum Gasteiger partial charge on any atom is -0.477 e. The average Bonchev–Trinajstić information content (AvgIpc) is 2.04. The Hall–Kier alpha value is -1.52. The number of hydrogen-bond acceptors (Lipinski definition) is 5. The van der Waals surface area contributed by atoms with Crippen LogP contribution < -0.4 is 16.2 Å². The molecule has 0 aliphatic carbocycles. The van der Waals surface area contributed by atoms with E-state index in [2.05, 4.69) is 9.97 Å². The molecule has 5 heteroatoms. The second kappa shape index (κ2) is 2.51. The maximum atomic E-state index is 5.63. The molecule has 0 fully saturated rings. The van der Waals surface area contributed by atoms with Crippen LogP contribution in [0, 0.1) is 0 Å². The SMILES string of the molecule is Nc1nc(N)c2c(n1)OCCC2. The van der Waals surface area contributed by atoms with Crippen LogP contribution >= 0.6 is 0 Å². The Balaban J connectivity index is 2.53. The molecule has 0 saturated carbocycles. The highest BCUT2D eigenvalue weighted by Gasteiger charge is 2.16. The molecular weight excluding hydrogens is 156 g/mol. The van der Waals surface area contributed by atoms with Crippen molar-refractivity contribution in [2.75, 3.05) is 18.1 Å². The molecule has 1 aromatic heterocycles. The van der Waals surface area contributed by atoms with Gasteiger partial charge in [0.25, 0.3) is 0 Å². The molecule has 1 aliphatic rings. The number of anilines is 2. The van der Waals surface area contributed by atoms with E-state index in [4.69, 9.17) is 16.2 Å². The number of nitrogens with zero attached hydrogens (tertiary/aromatic N) is 2. The van der Waals surface area contributed by atoms with Crippen molar-refractivity contribution in [1.29, 1.82) is 0 Å². The van der Waals surface area contributed by atoms with Crippen LogP contribution in [0.5, 0.6) is 5.88 Å². The Kier molecular flexibility index (Phi) is 1.49. The zero-order valence-corrected chi connectivity index (χ0v) is 6.58. The van der Waals surface area contributed by atoms with Crippen molar-refractivity contribution in [3.8, 4) is 5.88 Å². The van der Waals surface area contributed by atoms with Gasteiger partial charge in [-0.2, -0.15) is 9.97 Å². The molecule has 0 radical (unpaired) electrons. The molecule has 5 nitrogen and oxygen atoms in total. The van der Waals surface area contributed by atoms with Crippen molar-refractivity contribution >= 4 is 11.8 Å². The van der Waals surface area contributed by atoms with E-state index < -0.39 is 0 Å². The van der Waals surface area contributed by atoms with Gasteiger partial charge >= 0.3 is 0 Å². The van der Waals surface area contributed by atoms with E-state index in [1.807, 2.05) is 0 Å². The highest BCUT2D eigenvalue weighted by atomic mass is 16.5. The maximum Gasteiger partial charge on any atom is 0.225 e. The summed E-state index contributed by atoms with van der Waals surface area (Å²) in [5.41, 5.74) is 11.9. The van der Waals surface area contributed by atoms with Crippen LogP contribution in [0.4, 0.5) is 11.8 Å². The molecule has 2 rings (SSSR count). The normalized spacial score (nSPS) is 15.0. The van der Waals surface area contributed by atoms with Gasteiger partial charge in [0, 0.05) is 0 Å². The van der Waals surface area contributed by atoms with Gasteiger partial charge in [-0.15, -0.1) is 0 Å². The fourth-order valence-electron chi connectivity index (χ4n) is 1.27. The molecule has 0 amide bonds. The van der Waals surface area contributed by atoms with E-state index in [1.54, 1.807) is 0 Å².